The maximum absolute atomic E-state index is 11.9. The Morgan fingerprint density at radius 1 is 0.301 bits per heavy atom. The third-order valence-corrected chi connectivity index (χ3v) is 21.4. The molecule has 0 radical (unpaired) electrons. The Morgan fingerprint density at radius 3 is 0.976 bits per heavy atom. The number of aromatic nitrogens is 2. The number of nitrogens with zero attached hydrogens (tertiary/aromatic N) is 4. The predicted molar refractivity (Wildman–Crippen MR) is 343 cm³/mol. The van der Waals surface area contributed by atoms with Gasteiger partial charge in [0.1, 0.15) is 0 Å². The predicted octanol–water partition coefficient (Wildman–Crippen LogP) is 15.6. The van der Waals surface area contributed by atoms with Gasteiger partial charge < -0.3 is 9.13 Å². The maximum atomic E-state index is 11.9. The maximum Gasteiger partial charge on any atom is 0.269 e. The number of benzene rings is 12. The number of hydrogen-bond acceptors (Lipinski definition) is 4. The number of non-ortho nitro benzene ring substituents is 2. The second kappa shape index (κ2) is 20.2. The van der Waals surface area contributed by atoms with Crippen LogP contribution in [0.2, 0.25) is 0 Å². The third-order valence-electron chi connectivity index (χ3n) is 16.5. The van der Waals surface area contributed by atoms with Gasteiger partial charge in [-0.3, -0.25) is 20.2 Å². The van der Waals surface area contributed by atoms with E-state index in [-0.39, 0.29) is 21.2 Å². The van der Waals surface area contributed by atoms with Crippen molar-refractivity contribution in [3.8, 4) is 22.5 Å². The van der Waals surface area contributed by atoms with Crippen molar-refractivity contribution in [1.82, 2.24) is 9.13 Å². The van der Waals surface area contributed by atoms with Gasteiger partial charge in [-0.25, -0.2) is 0 Å². The van der Waals surface area contributed by atoms with E-state index in [1.54, 1.807) is 24.3 Å². The molecule has 15 rings (SSSR count). The van der Waals surface area contributed by atoms with Crippen molar-refractivity contribution >= 4 is 103 Å². The van der Waals surface area contributed by atoms with Crippen LogP contribution in [0.15, 0.2) is 291 Å². The first-order valence-corrected chi connectivity index (χ1v) is 30.2. The molecule has 2 heterocycles. The molecule has 14 aromatic rings. The molecule has 83 heavy (non-hydrogen) atoms. The van der Waals surface area contributed by atoms with Crippen LogP contribution in [0, 0.1) is 20.2 Å². The van der Waals surface area contributed by atoms with Crippen LogP contribution < -0.4 is 31.8 Å². The Balaban J connectivity index is 1.07. The van der Waals surface area contributed by atoms with Crippen molar-refractivity contribution in [2.24, 2.45) is 0 Å². The highest BCUT2D eigenvalue weighted by Crippen LogP contribution is 2.58. The standard InChI is InChI=1S/C73H48N4O4P2/c78-76(79)53-35-31-51(32-36-53)74-69-27-15-13-25-63(69)65-45-49(29-43-71(65)74)73(50-30-44-72-66(46-50)64-26-14-16-28-70(64)75(72)52-33-37-54(38-34-52)77(80)81)67-47-59(82(55-17-5-1-6-18-55)56-19-7-2-8-20-56)39-41-61(67)62-42-40-60(48-68(62)73)83(57-21-9-3-10-22-57)58-23-11-4-12-24-58/h1-48H. The van der Waals surface area contributed by atoms with Gasteiger partial charge in [0.05, 0.1) is 37.3 Å². The Labute approximate surface area is 480 Å². The van der Waals surface area contributed by atoms with Crippen LogP contribution in [0.5, 0.6) is 0 Å². The van der Waals surface area contributed by atoms with Crippen molar-refractivity contribution in [2.75, 3.05) is 0 Å². The molecule has 394 valence electrons. The number of para-hydroxylation sites is 2. The van der Waals surface area contributed by atoms with E-state index >= 15 is 0 Å². The van der Waals surface area contributed by atoms with Gasteiger partial charge in [-0.05, 0) is 154 Å². The van der Waals surface area contributed by atoms with Crippen molar-refractivity contribution in [2.45, 2.75) is 5.41 Å². The van der Waals surface area contributed by atoms with Gasteiger partial charge in [-0.15, -0.1) is 0 Å². The molecule has 10 heteroatoms. The van der Waals surface area contributed by atoms with Crippen LogP contribution >= 0.6 is 15.8 Å². The van der Waals surface area contributed by atoms with Crippen LogP contribution in [0.3, 0.4) is 0 Å². The van der Waals surface area contributed by atoms with Gasteiger partial charge in [0.15, 0.2) is 0 Å². The van der Waals surface area contributed by atoms with Crippen LogP contribution in [0.25, 0.3) is 66.1 Å². The minimum Gasteiger partial charge on any atom is -0.309 e. The molecule has 1 aliphatic carbocycles. The Morgan fingerprint density at radius 2 is 0.627 bits per heavy atom. The second-order valence-corrected chi connectivity index (χ2v) is 25.4. The molecule has 8 nitrogen and oxygen atoms in total. The van der Waals surface area contributed by atoms with Gasteiger partial charge in [0.2, 0.25) is 0 Å². The number of rotatable bonds is 12. The molecule has 0 saturated carbocycles. The number of hydrogen-bond donors (Lipinski definition) is 0. The summed E-state index contributed by atoms with van der Waals surface area (Å²) in [6.07, 6.45) is 0. The summed E-state index contributed by atoms with van der Waals surface area (Å²) in [6, 6.07) is 103. The van der Waals surface area contributed by atoms with Crippen molar-refractivity contribution < 1.29 is 9.85 Å². The highest BCUT2D eigenvalue weighted by Gasteiger charge is 2.48. The van der Waals surface area contributed by atoms with Crippen LogP contribution in [-0.4, -0.2) is 19.0 Å². The molecule has 0 unspecified atom stereocenters. The topological polar surface area (TPSA) is 96.1 Å². The molecule has 0 atom stereocenters. The van der Waals surface area contributed by atoms with Crippen LogP contribution in [0.1, 0.15) is 22.3 Å². The molecule has 0 amide bonds. The monoisotopic (exact) mass is 1110 g/mol. The second-order valence-electron chi connectivity index (χ2n) is 20.9. The van der Waals surface area contributed by atoms with E-state index in [4.69, 9.17) is 0 Å². The molecular formula is C73H48N4O4P2. The Bertz CT molecular complexity index is 4470. The zero-order chi connectivity index (χ0) is 55.8. The van der Waals surface area contributed by atoms with E-state index < -0.39 is 21.3 Å². The lowest BCUT2D eigenvalue weighted by molar-refractivity contribution is -0.385. The highest BCUT2D eigenvalue weighted by atomic mass is 31.1. The molecule has 0 saturated heterocycles. The summed E-state index contributed by atoms with van der Waals surface area (Å²) in [4.78, 5) is 23.1. The average molecular weight is 1110 g/mol. The van der Waals surface area contributed by atoms with Crippen LogP contribution in [-0.2, 0) is 5.41 Å². The molecule has 1 aliphatic rings. The molecule has 12 aromatic carbocycles. The van der Waals surface area contributed by atoms with E-state index in [2.05, 4.69) is 252 Å². The normalized spacial score (nSPS) is 12.6. The van der Waals surface area contributed by atoms with Gasteiger partial charge in [-0.1, -0.05) is 194 Å². The molecular weight excluding hydrogens is 1060 g/mol. The van der Waals surface area contributed by atoms with Gasteiger partial charge >= 0.3 is 0 Å². The number of nitro benzene ring substituents is 2. The average Bonchev–Trinajstić information content (AvgIpc) is 1.77. The molecule has 0 bridgehead atoms. The summed E-state index contributed by atoms with van der Waals surface area (Å²) in [7, 11) is -2.07. The summed E-state index contributed by atoms with van der Waals surface area (Å²) in [6.45, 7) is 0. The third kappa shape index (κ3) is 8.13. The summed E-state index contributed by atoms with van der Waals surface area (Å²) >= 11 is 0. The van der Waals surface area contributed by atoms with E-state index in [1.165, 1.54) is 43.0 Å². The lowest BCUT2D eigenvalue weighted by Gasteiger charge is -2.35. The van der Waals surface area contributed by atoms with Crippen molar-refractivity contribution in [1.29, 1.82) is 0 Å². The number of nitro groups is 2. The quantitative estimate of drug-likeness (QED) is 0.0692. The molecule has 0 aliphatic heterocycles. The van der Waals surface area contributed by atoms with Crippen molar-refractivity contribution in [3.63, 3.8) is 0 Å². The minimum atomic E-state index is -1.03. The van der Waals surface area contributed by atoms with E-state index in [0.29, 0.717) is 0 Å². The fourth-order valence-corrected chi connectivity index (χ4v) is 17.6. The molecule has 0 spiro atoms. The summed E-state index contributed by atoms with van der Waals surface area (Å²) < 4.78 is 4.44. The summed E-state index contributed by atoms with van der Waals surface area (Å²) in [5.41, 5.74) is 11.6. The van der Waals surface area contributed by atoms with Gasteiger partial charge in [0.25, 0.3) is 11.4 Å². The van der Waals surface area contributed by atoms with E-state index in [0.717, 1.165) is 77.2 Å². The van der Waals surface area contributed by atoms with Gasteiger partial charge in [-0.2, -0.15) is 0 Å². The van der Waals surface area contributed by atoms with E-state index in [9.17, 15) is 20.2 Å². The molecule has 0 fully saturated rings. The van der Waals surface area contributed by atoms with Crippen molar-refractivity contribution in [3.05, 3.63) is 334 Å². The van der Waals surface area contributed by atoms with E-state index in [1.807, 2.05) is 24.3 Å². The summed E-state index contributed by atoms with van der Waals surface area (Å²) in [5.74, 6) is 0. The fraction of sp³-hybridized carbons (Fsp3) is 0.0137. The Kier molecular flexibility index (Phi) is 12.1. The fourth-order valence-electron chi connectivity index (χ4n) is 13.0. The zero-order valence-corrected chi connectivity index (χ0v) is 46.3. The largest absolute Gasteiger partial charge is 0.309 e. The van der Waals surface area contributed by atoms with Crippen LogP contribution in [0.4, 0.5) is 11.4 Å². The van der Waals surface area contributed by atoms with Gasteiger partial charge in [0, 0.05) is 57.2 Å². The number of fused-ring (bicyclic) bond motifs is 9. The lowest BCUT2D eigenvalue weighted by atomic mass is 9.67. The Hall–Kier alpha value is -10.1. The lowest BCUT2D eigenvalue weighted by Crippen LogP contribution is -2.31. The smallest absolute Gasteiger partial charge is 0.269 e. The first-order valence-electron chi connectivity index (χ1n) is 27.5. The first kappa shape index (κ1) is 49.9. The highest BCUT2D eigenvalue weighted by molar-refractivity contribution is 7.80. The SMILES string of the molecule is O=[N+]([O-])c1ccc(-n2c3ccccc3c3cc(C4(c5ccc6c(c5)c5ccccc5n6-c5ccc([N+](=O)[O-])cc5)c5cc(P(c6ccccc6)c6ccccc6)ccc5-c5ccc(P(c6ccccc6)c6ccccc6)cc54)ccc32)cc1. The first-order chi connectivity index (χ1) is 40.8. The minimum absolute atomic E-state index is 0.0373. The summed E-state index contributed by atoms with van der Waals surface area (Å²) in [5, 5.41) is 35.6. The molecule has 2 aromatic heterocycles. The molecule has 0 N–H and O–H groups in total. The zero-order valence-electron chi connectivity index (χ0n) is 44.5.